The van der Waals surface area contributed by atoms with Crippen LogP contribution in [0.3, 0.4) is 0 Å². The molecule has 6 nitrogen and oxygen atoms in total. The molecule has 1 amide bonds. The number of hydrazine groups is 1. The van der Waals surface area contributed by atoms with E-state index in [1.165, 1.54) is 0 Å². The molecule has 0 spiro atoms. The first kappa shape index (κ1) is 16.2. The molecule has 0 aromatic rings. The van der Waals surface area contributed by atoms with Gasteiger partial charge in [-0.15, -0.1) is 0 Å². The van der Waals surface area contributed by atoms with E-state index >= 15 is 0 Å². The highest BCUT2D eigenvalue weighted by Gasteiger charge is 2.29. The van der Waals surface area contributed by atoms with Crippen molar-refractivity contribution in [2.24, 2.45) is 5.92 Å². The summed E-state index contributed by atoms with van der Waals surface area (Å²) in [7, 11) is -2.93. The van der Waals surface area contributed by atoms with Crippen LogP contribution in [0.2, 0.25) is 0 Å². The molecule has 0 unspecified atom stereocenters. The molecule has 1 heterocycles. The van der Waals surface area contributed by atoms with Gasteiger partial charge in [0, 0.05) is 12.0 Å². The monoisotopic (exact) mass is 307 g/mol. The van der Waals surface area contributed by atoms with Crippen molar-refractivity contribution in [3.05, 3.63) is 0 Å². The molecule has 1 aliphatic heterocycles. The summed E-state index contributed by atoms with van der Waals surface area (Å²) < 4.78 is 22.5. The number of carbonyl (C=O) groups excluding carboxylic acids is 1. The summed E-state index contributed by atoms with van der Waals surface area (Å²) in [5.74, 6) is -0.0517. The Bertz CT molecular complexity index is 454. The minimum absolute atomic E-state index is 0.0871. The topological polar surface area (TPSA) is 87.3 Å². The van der Waals surface area contributed by atoms with Crippen LogP contribution in [0.5, 0.6) is 0 Å². The Kier molecular flexibility index (Phi) is 5.14. The summed E-state index contributed by atoms with van der Waals surface area (Å²) in [4.78, 5) is 11.6. The predicted molar refractivity (Wildman–Crippen MR) is 78.1 cm³/mol. The molecule has 110 valence electrons. The van der Waals surface area contributed by atoms with Crippen LogP contribution in [0.1, 0.15) is 33.6 Å². The Hall–Kier alpha value is -0.890. The minimum Gasteiger partial charge on any atom is -0.357 e. The lowest BCUT2D eigenvalue weighted by molar-refractivity contribution is -0.122. The van der Waals surface area contributed by atoms with Crippen molar-refractivity contribution in [3.8, 4) is 0 Å². The highest BCUT2D eigenvalue weighted by molar-refractivity contribution is 7.91. The molecule has 1 aliphatic rings. The number of hydrogen-bond donors (Lipinski definition) is 3. The van der Waals surface area contributed by atoms with Crippen molar-refractivity contribution in [1.82, 2.24) is 16.2 Å². The number of carbonyl (C=O) groups is 1. The van der Waals surface area contributed by atoms with E-state index in [9.17, 15) is 13.2 Å². The summed E-state index contributed by atoms with van der Waals surface area (Å²) in [5, 5.41) is 3.32. The summed E-state index contributed by atoms with van der Waals surface area (Å²) in [5.41, 5.74) is 4.89. The molecule has 0 saturated carbocycles. The summed E-state index contributed by atoms with van der Waals surface area (Å²) in [6.07, 6.45) is 0.755. The van der Waals surface area contributed by atoms with Gasteiger partial charge in [0.05, 0.1) is 11.5 Å². The van der Waals surface area contributed by atoms with Gasteiger partial charge in [-0.2, -0.15) is 0 Å². The Balaban J connectivity index is 2.27. The van der Waals surface area contributed by atoms with E-state index in [0.717, 1.165) is 0 Å². The molecule has 1 rings (SSSR count). The van der Waals surface area contributed by atoms with Gasteiger partial charge in [0.2, 0.25) is 5.91 Å². The Labute approximate surface area is 119 Å². The van der Waals surface area contributed by atoms with Gasteiger partial charge in [-0.05, 0) is 45.3 Å². The van der Waals surface area contributed by atoms with Crippen LogP contribution < -0.4 is 16.2 Å². The maximum Gasteiger partial charge on any atom is 0.238 e. The quantitative estimate of drug-likeness (QED) is 0.496. The van der Waals surface area contributed by atoms with Crippen molar-refractivity contribution >= 4 is 33.1 Å². The Morgan fingerprint density at radius 3 is 2.42 bits per heavy atom. The maximum absolute atomic E-state index is 11.6. The zero-order chi connectivity index (χ0) is 14.7. The molecule has 0 bridgehead atoms. The van der Waals surface area contributed by atoms with E-state index < -0.39 is 9.84 Å². The first-order valence-electron chi connectivity index (χ1n) is 6.15. The molecular weight excluding hydrogens is 286 g/mol. The van der Waals surface area contributed by atoms with Gasteiger partial charge in [0.25, 0.3) is 0 Å². The van der Waals surface area contributed by atoms with Gasteiger partial charge in [-0.3, -0.25) is 15.6 Å². The van der Waals surface area contributed by atoms with Crippen molar-refractivity contribution < 1.29 is 13.2 Å². The third-order valence-corrected chi connectivity index (χ3v) is 4.65. The van der Waals surface area contributed by atoms with E-state index in [4.69, 9.17) is 12.2 Å². The van der Waals surface area contributed by atoms with Crippen molar-refractivity contribution in [3.63, 3.8) is 0 Å². The van der Waals surface area contributed by atoms with Gasteiger partial charge in [0.1, 0.15) is 0 Å². The van der Waals surface area contributed by atoms with E-state index in [0.29, 0.717) is 11.5 Å². The molecule has 0 aromatic heterocycles. The third-order valence-electron chi connectivity index (χ3n) is 2.60. The van der Waals surface area contributed by atoms with Crippen LogP contribution in [0.25, 0.3) is 0 Å². The SMILES string of the molecule is CC(C)(C)NC(=S)NNC(=O)C[C@@H]1CCS(=O)(=O)C1. The molecule has 1 saturated heterocycles. The smallest absolute Gasteiger partial charge is 0.238 e. The van der Waals surface area contributed by atoms with Crippen LogP contribution >= 0.6 is 12.2 Å². The largest absolute Gasteiger partial charge is 0.357 e. The van der Waals surface area contributed by atoms with E-state index in [2.05, 4.69) is 16.2 Å². The lowest BCUT2D eigenvalue weighted by Gasteiger charge is -2.23. The zero-order valence-corrected chi connectivity index (χ0v) is 13.1. The summed E-state index contributed by atoms with van der Waals surface area (Å²) >= 11 is 5.01. The molecule has 1 atom stereocenters. The standard InChI is InChI=1S/C11H21N3O3S2/c1-11(2,3)12-10(18)14-13-9(15)6-8-4-5-19(16,17)7-8/h8H,4-7H2,1-3H3,(H,13,15)(H2,12,14,18)/t8-/m0/s1. The first-order chi connectivity index (χ1) is 8.57. The van der Waals surface area contributed by atoms with Gasteiger partial charge >= 0.3 is 0 Å². The van der Waals surface area contributed by atoms with Gasteiger partial charge in [0.15, 0.2) is 14.9 Å². The molecule has 1 fully saturated rings. The van der Waals surface area contributed by atoms with Crippen LogP contribution in [0.4, 0.5) is 0 Å². The fraction of sp³-hybridized carbons (Fsp3) is 0.818. The van der Waals surface area contributed by atoms with Crippen LogP contribution in [-0.2, 0) is 14.6 Å². The highest BCUT2D eigenvalue weighted by atomic mass is 32.2. The van der Waals surface area contributed by atoms with Gasteiger partial charge < -0.3 is 5.32 Å². The molecule has 3 N–H and O–H groups in total. The molecule has 19 heavy (non-hydrogen) atoms. The van der Waals surface area contributed by atoms with E-state index in [1.807, 2.05) is 20.8 Å². The van der Waals surface area contributed by atoms with Crippen molar-refractivity contribution in [2.45, 2.75) is 39.2 Å². The number of rotatable bonds is 2. The van der Waals surface area contributed by atoms with Gasteiger partial charge in [-0.25, -0.2) is 8.42 Å². The minimum atomic E-state index is -2.93. The maximum atomic E-state index is 11.6. The molecule has 0 aromatic carbocycles. The van der Waals surface area contributed by atoms with Crippen LogP contribution in [0.15, 0.2) is 0 Å². The van der Waals surface area contributed by atoms with E-state index in [1.54, 1.807) is 0 Å². The summed E-state index contributed by atoms with van der Waals surface area (Å²) in [6.45, 7) is 5.85. The van der Waals surface area contributed by atoms with Crippen molar-refractivity contribution in [1.29, 1.82) is 0 Å². The normalized spacial score (nSPS) is 21.7. The lowest BCUT2D eigenvalue weighted by Crippen LogP contribution is -2.52. The number of hydrogen-bond acceptors (Lipinski definition) is 4. The summed E-state index contributed by atoms with van der Waals surface area (Å²) in [6, 6.07) is 0. The second-order valence-corrected chi connectivity index (χ2v) is 8.49. The third kappa shape index (κ3) is 6.72. The molecular formula is C11H21N3O3S2. The number of nitrogens with one attached hydrogen (secondary N) is 3. The second-order valence-electron chi connectivity index (χ2n) is 5.85. The number of amides is 1. The highest BCUT2D eigenvalue weighted by Crippen LogP contribution is 2.21. The lowest BCUT2D eigenvalue weighted by atomic mass is 10.1. The number of sulfone groups is 1. The Morgan fingerprint density at radius 2 is 1.95 bits per heavy atom. The molecule has 0 aliphatic carbocycles. The fourth-order valence-corrected chi connectivity index (χ4v) is 4.06. The molecule has 8 heteroatoms. The van der Waals surface area contributed by atoms with Crippen molar-refractivity contribution in [2.75, 3.05) is 11.5 Å². The fourth-order valence-electron chi connectivity index (χ4n) is 1.84. The average molecular weight is 307 g/mol. The Morgan fingerprint density at radius 1 is 1.32 bits per heavy atom. The number of thiocarbonyl (C=S) groups is 1. The first-order valence-corrected chi connectivity index (χ1v) is 8.38. The zero-order valence-electron chi connectivity index (χ0n) is 11.4. The molecule has 0 radical (unpaired) electrons. The predicted octanol–water partition coefficient (Wildman–Crippen LogP) is 0.105. The van der Waals surface area contributed by atoms with E-state index in [-0.39, 0.29) is 35.3 Å². The van der Waals surface area contributed by atoms with Crippen LogP contribution in [0, 0.1) is 5.92 Å². The second kappa shape index (κ2) is 6.04. The van der Waals surface area contributed by atoms with Gasteiger partial charge in [-0.1, -0.05) is 0 Å². The van der Waals surface area contributed by atoms with Crippen LogP contribution in [-0.4, -0.2) is 36.5 Å². The average Bonchev–Trinajstić information content (AvgIpc) is 2.52.